The first-order valence-electron chi connectivity index (χ1n) is 8.99. The molecule has 0 aliphatic carbocycles. The molecule has 0 atom stereocenters. The molecule has 0 aliphatic rings. The Morgan fingerprint density at radius 1 is 1.00 bits per heavy atom. The normalized spacial score (nSPS) is 11.2. The van der Waals surface area contributed by atoms with Crippen LogP contribution in [0.2, 0.25) is 0 Å². The fraction of sp³-hybridized carbons (Fsp3) is 0.0952. The van der Waals surface area contributed by atoms with E-state index in [1.807, 2.05) is 0 Å². The maximum absolute atomic E-state index is 14.0. The molecule has 0 bridgehead atoms. The topological polar surface area (TPSA) is 94.3 Å². The number of hydrogen-bond acceptors (Lipinski definition) is 4. The van der Waals surface area contributed by atoms with Crippen molar-refractivity contribution in [3.8, 4) is 11.5 Å². The van der Waals surface area contributed by atoms with Crippen LogP contribution < -0.4 is 15.8 Å². The number of amides is 2. The first-order valence-corrected chi connectivity index (χ1v) is 8.99. The lowest BCUT2D eigenvalue weighted by Crippen LogP contribution is -2.19. The maximum Gasteiger partial charge on any atom is 0.416 e. The average Bonchev–Trinajstić information content (AvgIpc) is 2.73. The molecule has 0 saturated heterocycles. The van der Waals surface area contributed by atoms with E-state index in [0.717, 1.165) is 25.3 Å². The van der Waals surface area contributed by atoms with Gasteiger partial charge in [0.2, 0.25) is 5.82 Å². The van der Waals surface area contributed by atoms with Gasteiger partial charge < -0.3 is 15.8 Å². The lowest BCUT2D eigenvalue weighted by atomic mass is 10.00. The van der Waals surface area contributed by atoms with Crippen LogP contribution in [-0.4, -0.2) is 16.8 Å². The molecule has 6 nitrogen and oxygen atoms in total. The molecule has 3 N–H and O–H groups in total. The minimum atomic E-state index is -4.85. The molecule has 33 heavy (non-hydrogen) atoms. The van der Waals surface area contributed by atoms with E-state index in [-0.39, 0.29) is 11.4 Å². The van der Waals surface area contributed by atoms with Gasteiger partial charge in [0.15, 0.2) is 17.4 Å². The van der Waals surface area contributed by atoms with Crippen molar-refractivity contribution in [1.82, 2.24) is 4.98 Å². The Balaban J connectivity index is 2.09. The minimum Gasteiger partial charge on any atom is -0.453 e. The zero-order chi connectivity index (χ0) is 24.5. The van der Waals surface area contributed by atoms with Crippen molar-refractivity contribution >= 4 is 17.5 Å². The number of nitrogens with one attached hydrogen (secondary N) is 1. The summed E-state index contributed by atoms with van der Waals surface area (Å²) < 4.78 is 86.1. The standard InChI is InChI=1S/C21H13F6N3O3/c1-9-11(21(25,26)27)2-4-14(33-15-5-3-12(22)17(23)18(15)24)16(9)20(32)30-10-6-7-29-13(8-10)19(28)31/h2-8H,1H3,(H2,28,31)(H,29,30,32). The number of carbonyl (C=O) groups excluding carboxylic acids is 2. The summed E-state index contributed by atoms with van der Waals surface area (Å²) in [6.07, 6.45) is -3.72. The van der Waals surface area contributed by atoms with Gasteiger partial charge in [-0.15, -0.1) is 0 Å². The molecule has 0 aliphatic heterocycles. The average molecular weight is 469 g/mol. The molecular weight excluding hydrogens is 456 g/mol. The highest BCUT2D eigenvalue weighted by Gasteiger charge is 2.35. The van der Waals surface area contributed by atoms with E-state index in [0.29, 0.717) is 18.2 Å². The number of hydrogen-bond donors (Lipinski definition) is 2. The van der Waals surface area contributed by atoms with Crippen LogP contribution in [0.4, 0.5) is 32.0 Å². The number of rotatable bonds is 5. The monoisotopic (exact) mass is 469 g/mol. The third kappa shape index (κ3) is 4.89. The summed E-state index contributed by atoms with van der Waals surface area (Å²) in [4.78, 5) is 27.8. The summed E-state index contributed by atoms with van der Waals surface area (Å²) in [5.74, 6) is -8.58. The summed E-state index contributed by atoms with van der Waals surface area (Å²) in [5.41, 5.74) is 2.43. The van der Waals surface area contributed by atoms with Gasteiger partial charge in [-0.3, -0.25) is 14.6 Å². The van der Waals surface area contributed by atoms with Crippen molar-refractivity contribution in [3.63, 3.8) is 0 Å². The van der Waals surface area contributed by atoms with Gasteiger partial charge in [0.05, 0.1) is 11.1 Å². The van der Waals surface area contributed by atoms with Crippen molar-refractivity contribution in [2.75, 3.05) is 5.32 Å². The van der Waals surface area contributed by atoms with E-state index >= 15 is 0 Å². The molecular formula is C21H13F6N3O3. The lowest BCUT2D eigenvalue weighted by Gasteiger charge is -2.18. The molecule has 0 fully saturated rings. The predicted molar refractivity (Wildman–Crippen MR) is 103 cm³/mol. The van der Waals surface area contributed by atoms with Gasteiger partial charge in [-0.2, -0.15) is 17.6 Å². The number of nitrogens with zero attached hydrogens (tertiary/aromatic N) is 1. The largest absolute Gasteiger partial charge is 0.453 e. The quantitative estimate of drug-likeness (QED) is 0.408. The molecule has 0 unspecified atom stereocenters. The van der Waals surface area contributed by atoms with Crippen LogP contribution in [0.1, 0.15) is 32.0 Å². The smallest absolute Gasteiger partial charge is 0.416 e. The van der Waals surface area contributed by atoms with Crippen LogP contribution in [0.15, 0.2) is 42.6 Å². The van der Waals surface area contributed by atoms with Crippen molar-refractivity contribution in [2.45, 2.75) is 13.1 Å². The number of aromatic nitrogens is 1. The van der Waals surface area contributed by atoms with Gasteiger partial charge in [0.25, 0.3) is 11.8 Å². The van der Waals surface area contributed by atoms with Crippen molar-refractivity contribution in [3.05, 3.63) is 82.4 Å². The Bertz CT molecular complexity index is 1260. The first-order chi connectivity index (χ1) is 15.4. The lowest BCUT2D eigenvalue weighted by molar-refractivity contribution is -0.138. The summed E-state index contributed by atoms with van der Waals surface area (Å²) in [7, 11) is 0. The van der Waals surface area contributed by atoms with Gasteiger partial charge in [-0.05, 0) is 48.9 Å². The zero-order valence-corrected chi connectivity index (χ0v) is 16.6. The van der Waals surface area contributed by atoms with Crippen LogP contribution >= 0.6 is 0 Å². The molecule has 12 heteroatoms. The third-order valence-electron chi connectivity index (χ3n) is 4.45. The number of primary amides is 1. The molecule has 2 aromatic carbocycles. The van der Waals surface area contributed by atoms with Crippen molar-refractivity contribution in [2.24, 2.45) is 5.73 Å². The van der Waals surface area contributed by atoms with Gasteiger partial charge in [0.1, 0.15) is 11.4 Å². The fourth-order valence-electron chi connectivity index (χ4n) is 2.90. The maximum atomic E-state index is 14.0. The number of benzene rings is 2. The van der Waals surface area contributed by atoms with Gasteiger partial charge in [-0.25, -0.2) is 8.78 Å². The number of pyridine rings is 1. The van der Waals surface area contributed by atoms with E-state index in [9.17, 15) is 35.9 Å². The Hall–Kier alpha value is -4.09. The number of nitrogens with two attached hydrogens (primary N) is 1. The number of halogens is 6. The highest BCUT2D eigenvalue weighted by molar-refractivity contribution is 6.08. The van der Waals surface area contributed by atoms with Gasteiger partial charge >= 0.3 is 6.18 Å². The van der Waals surface area contributed by atoms with Crippen LogP contribution in [0.25, 0.3) is 0 Å². The third-order valence-corrected chi connectivity index (χ3v) is 4.45. The molecule has 0 radical (unpaired) electrons. The molecule has 3 aromatic rings. The highest BCUT2D eigenvalue weighted by atomic mass is 19.4. The Labute approximate surface area is 182 Å². The van der Waals surface area contributed by atoms with E-state index in [1.165, 1.54) is 6.07 Å². The number of anilines is 1. The van der Waals surface area contributed by atoms with Gasteiger partial charge in [0, 0.05) is 11.9 Å². The second kappa shape index (κ2) is 8.81. The molecule has 172 valence electrons. The summed E-state index contributed by atoms with van der Waals surface area (Å²) in [5, 5.41) is 2.27. The first kappa shape index (κ1) is 23.6. The summed E-state index contributed by atoms with van der Waals surface area (Å²) in [6.45, 7) is 0.980. The zero-order valence-electron chi connectivity index (χ0n) is 16.6. The number of carbonyl (C=O) groups is 2. The van der Waals surface area contributed by atoms with Gasteiger partial charge in [-0.1, -0.05) is 0 Å². The second-order valence-corrected chi connectivity index (χ2v) is 6.63. The van der Waals surface area contributed by atoms with Crippen molar-refractivity contribution in [1.29, 1.82) is 0 Å². The van der Waals surface area contributed by atoms with Crippen molar-refractivity contribution < 1.29 is 40.7 Å². The molecule has 1 aromatic heterocycles. The minimum absolute atomic E-state index is 0.0365. The predicted octanol–water partition coefficient (Wildman–Crippen LogP) is 4.97. The summed E-state index contributed by atoms with van der Waals surface area (Å²) in [6, 6.07) is 4.92. The van der Waals surface area contributed by atoms with E-state index in [2.05, 4.69) is 10.3 Å². The number of alkyl halides is 3. The Kier molecular flexibility index (Phi) is 6.29. The summed E-state index contributed by atoms with van der Waals surface area (Å²) >= 11 is 0. The Morgan fingerprint density at radius 3 is 2.30 bits per heavy atom. The van der Waals surface area contributed by atoms with Crippen LogP contribution in [-0.2, 0) is 6.18 Å². The fourth-order valence-corrected chi connectivity index (χ4v) is 2.90. The second-order valence-electron chi connectivity index (χ2n) is 6.63. The van der Waals surface area contributed by atoms with E-state index in [4.69, 9.17) is 10.5 Å². The van der Waals surface area contributed by atoms with Crippen LogP contribution in [0.3, 0.4) is 0 Å². The molecule has 0 spiro atoms. The SMILES string of the molecule is Cc1c(C(F)(F)F)ccc(Oc2ccc(F)c(F)c2F)c1C(=O)Nc1ccnc(C(N)=O)c1. The molecule has 1 heterocycles. The number of ether oxygens (including phenoxy) is 1. The van der Waals surface area contributed by atoms with E-state index in [1.54, 1.807) is 0 Å². The Morgan fingerprint density at radius 2 is 1.67 bits per heavy atom. The highest BCUT2D eigenvalue weighted by Crippen LogP contribution is 2.38. The molecule has 3 rings (SSSR count). The van der Waals surface area contributed by atoms with Crippen LogP contribution in [0, 0.1) is 24.4 Å². The van der Waals surface area contributed by atoms with Crippen LogP contribution in [0.5, 0.6) is 11.5 Å². The van der Waals surface area contributed by atoms with E-state index < -0.39 is 63.6 Å². The molecule has 0 saturated carbocycles. The molecule has 2 amide bonds.